The van der Waals surface area contributed by atoms with Gasteiger partial charge in [-0.1, -0.05) is 52.0 Å². The third-order valence-electron chi connectivity index (χ3n) is 4.61. The number of hydrogen-bond donors (Lipinski definition) is 2. The van der Waals surface area contributed by atoms with Gasteiger partial charge in [-0.3, -0.25) is 10.00 Å². The Bertz CT molecular complexity index is 638. The number of H-pyrrole nitrogens is 1. The second kappa shape index (κ2) is 7.95. The van der Waals surface area contributed by atoms with Gasteiger partial charge in [0.25, 0.3) is 0 Å². The van der Waals surface area contributed by atoms with Crippen LogP contribution in [0.5, 0.6) is 0 Å². The van der Waals surface area contributed by atoms with Crippen molar-refractivity contribution in [3.05, 3.63) is 52.8 Å². The van der Waals surface area contributed by atoms with E-state index in [0.717, 1.165) is 30.9 Å². The maximum absolute atomic E-state index is 9.79. The maximum Gasteiger partial charge on any atom is 0.0678 e. The van der Waals surface area contributed by atoms with Gasteiger partial charge in [0.1, 0.15) is 0 Å². The molecule has 0 unspecified atom stereocenters. The SMILES string of the molecule is CC[C@@H](CO)N(Cc1cc(C(C)(C)C)n[nH]1)Cc1ccccc1C. The van der Waals surface area contributed by atoms with E-state index in [1.165, 1.54) is 11.1 Å². The fraction of sp³-hybridized carbons (Fsp3) is 0.550. The topological polar surface area (TPSA) is 52.1 Å². The average Bonchev–Trinajstić information content (AvgIpc) is 2.99. The van der Waals surface area contributed by atoms with Gasteiger partial charge in [-0.2, -0.15) is 5.10 Å². The van der Waals surface area contributed by atoms with Crippen LogP contribution in [0.2, 0.25) is 0 Å². The van der Waals surface area contributed by atoms with Crippen LogP contribution in [0.1, 0.15) is 56.6 Å². The first-order valence-electron chi connectivity index (χ1n) is 8.79. The minimum Gasteiger partial charge on any atom is -0.395 e. The van der Waals surface area contributed by atoms with Gasteiger partial charge in [0.05, 0.1) is 12.3 Å². The van der Waals surface area contributed by atoms with E-state index < -0.39 is 0 Å². The van der Waals surface area contributed by atoms with Crippen LogP contribution in [-0.2, 0) is 18.5 Å². The van der Waals surface area contributed by atoms with Crippen molar-refractivity contribution in [2.75, 3.05) is 6.61 Å². The summed E-state index contributed by atoms with van der Waals surface area (Å²) in [6.45, 7) is 12.5. The van der Waals surface area contributed by atoms with Crippen molar-refractivity contribution in [3.63, 3.8) is 0 Å². The molecule has 1 atom stereocenters. The molecule has 0 radical (unpaired) electrons. The molecular formula is C20H31N3O. The molecule has 0 aliphatic carbocycles. The smallest absolute Gasteiger partial charge is 0.0678 e. The Morgan fingerprint density at radius 1 is 1.21 bits per heavy atom. The molecule has 24 heavy (non-hydrogen) atoms. The number of nitrogens with one attached hydrogen (secondary N) is 1. The Balaban J connectivity index is 2.20. The van der Waals surface area contributed by atoms with Crippen LogP contribution in [0, 0.1) is 6.92 Å². The van der Waals surface area contributed by atoms with Gasteiger partial charge in [-0.25, -0.2) is 0 Å². The molecule has 2 rings (SSSR count). The minimum absolute atomic E-state index is 0.0384. The lowest BCUT2D eigenvalue weighted by Crippen LogP contribution is -2.36. The molecule has 0 amide bonds. The van der Waals surface area contributed by atoms with E-state index in [9.17, 15) is 5.11 Å². The quantitative estimate of drug-likeness (QED) is 0.812. The summed E-state index contributed by atoms with van der Waals surface area (Å²) in [5.74, 6) is 0. The van der Waals surface area contributed by atoms with Crippen molar-refractivity contribution in [2.24, 2.45) is 0 Å². The number of aromatic amines is 1. The van der Waals surface area contributed by atoms with Gasteiger partial charge in [-0.05, 0) is 30.5 Å². The zero-order valence-electron chi connectivity index (χ0n) is 15.6. The lowest BCUT2D eigenvalue weighted by atomic mass is 9.92. The van der Waals surface area contributed by atoms with E-state index in [2.05, 4.69) is 80.0 Å². The summed E-state index contributed by atoms with van der Waals surface area (Å²) >= 11 is 0. The summed E-state index contributed by atoms with van der Waals surface area (Å²) in [5, 5.41) is 17.4. The number of benzene rings is 1. The third-order valence-corrected chi connectivity index (χ3v) is 4.61. The number of aryl methyl sites for hydroxylation is 1. The summed E-state index contributed by atoms with van der Waals surface area (Å²) in [6.07, 6.45) is 0.919. The summed E-state index contributed by atoms with van der Waals surface area (Å²) in [4.78, 5) is 2.34. The Hall–Kier alpha value is -1.65. The number of aromatic nitrogens is 2. The van der Waals surface area contributed by atoms with Gasteiger partial charge < -0.3 is 5.11 Å². The summed E-state index contributed by atoms with van der Waals surface area (Å²) < 4.78 is 0. The van der Waals surface area contributed by atoms with Crippen LogP contribution in [0.3, 0.4) is 0 Å². The number of rotatable bonds is 7. The van der Waals surface area contributed by atoms with Crippen molar-refractivity contribution in [1.29, 1.82) is 0 Å². The fourth-order valence-electron chi connectivity index (χ4n) is 2.87. The number of aliphatic hydroxyl groups excluding tert-OH is 1. The first kappa shape index (κ1) is 18.7. The van der Waals surface area contributed by atoms with Gasteiger partial charge in [-0.15, -0.1) is 0 Å². The summed E-state index contributed by atoms with van der Waals surface area (Å²) in [7, 11) is 0. The van der Waals surface area contributed by atoms with Gasteiger partial charge >= 0.3 is 0 Å². The normalized spacial score (nSPS) is 13.5. The lowest BCUT2D eigenvalue weighted by molar-refractivity contribution is 0.105. The van der Waals surface area contributed by atoms with E-state index >= 15 is 0 Å². The van der Waals surface area contributed by atoms with Crippen LogP contribution >= 0.6 is 0 Å². The molecule has 1 heterocycles. The van der Waals surface area contributed by atoms with Crippen LogP contribution < -0.4 is 0 Å². The van der Waals surface area contributed by atoms with E-state index in [0.29, 0.717) is 0 Å². The van der Waals surface area contributed by atoms with E-state index in [1.807, 2.05) is 0 Å². The molecule has 0 aliphatic heterocycles. The van der Waals surface area contributed by atoms with E-state index in [-0.39, 0.29) is 18.1 Å². The van der Waals surface area contributed by atoms with Crippen molar-refractivity contribution in [2.45, 2.75) is 65.6 Å². The van der Waals surface area contributed by atoms with Gasteiger partial charge in [0, 0.05) is 30.2 Å². The fourth-order valence-corrected chi connectivity index (χ4v) is 2.87. The first-order valence-corrected chi connectivity index (χ1v) is 8.79. The van der Waals surface area contributed by atoms with Gasteiger partial charge in [0.15, 0.2) is 0 Å². The highest BCUT2D eigenvalue weighted by Gasteiger charge is 2.21. The molecule has 0 aliphatic rings. The predicted molar refractivity (Wildman–Crippen MR) is 98.9 cm³/mol. The Morgan fingerprint density at radius 2 is 1.92 bits per heavy atom. The monoisotopic (exact) mass is 329 g/mol. The number of nitrogens with zero attached hydrogens (tertiary/aromatic N) is 2. The van der Waals surface area contributed by atoms with Gasteiger partial charge in [0.2, 0.25) is 0 Å². The molecule has 1 aromatic carbocycles. The highest BCUT2D eigenvalue weighted by molar-refractivity contribution is 5.25. The summed E-state index contributed by atoms with van der Waals surface area (Å²) in [6, 6.07) is 10.7. The standard InChI is InChI=1S/C20H31N3O/c1-6-18(14-24)23(12-16-10-8-7-9-15(16)2)13-17-11-19(22-21-17)20(3,4)5/h7-11,18,24H,6,12-14H2,1-5H3,(H,21,22)/t18-/m0/s1. The molecule has 132 valence electrons. The molecule has 4 nitrogen and oxygen atoms in total. The largest absolute Gasteiger partial charge is 0.395 e. The van der Waals surface area contributed by atoms with Crippen molar-refractivity contribution >= 4 is 0 Å². The second-order valence-electron chi connectivity index (χ2n) is 7.60. The molecule has 0 spiro atoms. The molecule has 0 bridgehead atoms. The molecule has 4 heteroatoms. The molecule has 2 N–H and O–H groups in total. The summed E-state index contributed by atoms with van der Waals surface area (Å²) in [5.41, 5.74) is 4.80. The molecule has 0 fully saturated rings. The first-order chi connectivity index (χ1) is 11.3. The van der Waals surface area contributed by atoms with Crippen LogP contribution in [0.15, 0.2) is 30.3 Å². The van der Waals surface area contributed by atoms with E-state index in [4.69, 9.17) is 0 Å². The average molecular weight is 329 g/mol. The van der Waals surface area contributed by atoms with Crippen LogP contribution in [0.4, 0.5) is 0 Å². The maximum atomic E-state index is 9.79. The van der Waals surface area contributed by atoms with Crippen LogP contribution in [0.25, 0.3) is 0 Å². The van der Waals surface area contributed by atoms with Crippen LogP contribution in [-0.4, -0.2) is 32.9 Å². The molecule has 2 aromatic rings. The molecular weight excluding hydrogens is 298 g/mol. The third kappa shape index (κ3) is 4.68. The zero-order chi connectivity index (χ0) is 17.7. The highest BCUT2D eigenvalue weighted by atomic mass is 16.3. The van der Waals surface area contributed by atoms with Crippen molar-refractivity contribution < 1.29 is 5.11 Å². The predicted octanol–water partition coefficient (Wildman–Crippen LogP) is 3.79. The number of hydrogen-bond acceptors (Lipinski definition) is 3. The highest BCUT2D eigenvalue weighted by Crippen LogP contribution is 2.22. The Labute approximate surface area is 145 Å². The minimum atomic E-state index is 0.0384. The van der Waals surface area contributed by atoms with Crippen molar-refractivity contribution in [1.82, 2.24) is 15.1 Å². The Morgan fingerprint density at radius 3 is 2.46 bits per heavy atom. The molecule has 0 saturated carbocycles. The van der Waals surface area contributed by atoms with E-state index in [1.54, 1.807) is 0 Å². The lowest BCUT2D eigenvalue weighted by Gasteiger charge is -2.30. The number of aliphatic hydroxyl groups is 1. The Kier molecular flexibility index (Phi) is 6.19. The molecule has 0 saturated heterocycles. The van der Waals surface area contributed by atoms with Crippen molar-refractivity contribution in [3.8, 4) is 0 Å². The zero-order valence-corrected chi connectivity index (χ0v) is 15.6. The molecule has 1 aromatic heterocycles. The second-order valence-corrected chi connectivity index (χ2v) is 7.60.